The average Bonchev–Trinajstić information content (AvgIpc) is 2.63. The number of hydrogen-bond donors (Lipinski definition) is 0. The van der Waals surface area contributed by atoms with E-state index in [1.807, 2.05) is 0 Å². The first-order valence-corrected chi connectivity index (χ1v) is 12.0. The third-order valence-corrected chi connectivity index (χ3v) is 8.54. The highest BCUT2D eigenvalue weighted by atomic mass is 127. The molecular formula is C26H31I. The molecular weight excluding hydrogens is 439 g/mol. The Labute approximate surface area is 178 Å². The van der Waals surface area contributed by atoms with Crippen molar-refractivity contribution in [2.45, 2.75) is 63.7 Å². The van der Waals surface area contributed by atoms with Crippen LogP contribution in [-0.4, -0.2) is 0 Å². The van der Waals surface area contributed by atoms with Gasteiger partial charge in [-0.25, -0.2) is 0 Å². The molecule has 4 fully saturated rings. The normalized spacial score (nSPS) is 32.8. The number of benzene rings is 2. The van der Waals surface area contributed by atoms with Crippen molar-refractivity contribution in [3.8, 4) is 0 Å². The van der Waals surface area contributed by atoms with Gasteiger partial charge in [0, 0.05) is 9.49 Å². The minimum absolute atomic E-state index is 0.493. The topological polar surface area (TPSA) is 0 Å². The summed E-state index contributed by atoms with van der Waals surface area (Å²) < 4.78 is 1.32. The molecule has 4 aliphatic carbocycles. The van der Waals surface area contributed by atoms with Gasteiger partial charge in [-0.05, 0) is 119 Å². The van der Waals surface area contributed by atoms with Crippen molar-refractivity contribution in [1.29, 1.82) is 0 Å². The molecule has 1 unspecified atom stereocenters. The van der Waals surface area contributed by atoms with Crippen molar-refractivity contribution in [1.82, 2.24) is 0 Å². The second-order valence-corrected chi connectivity index (χ2v) is 11.3. The molecule has 0 radical (unpaired) electrons. The monoisotopic (exact) mass is 470 g/mol. The van der Waals surface area contributed by atoms with E-state index >= 15 is 0 Å². The molecule has 0 aliphatic heterocycles. The van der Waals surface area contributed by atoms with Gasteiger partial charge in [-0.3, -0.25) is 0 Å². The molecule has 4 saturated carbocycles. The third kappa shape index (κ3) is 3.28. The fraction of sp³-hybridized carbons (Fsp3) is 0.538. The zero-order chi connectivity index (χ0) is 18.6. The van der Waals surface area contributed by atoms with E-state index in [0.717, 1.165) is 17.8 Å². The summed E-state index contributed by atoms with van der Waals surface area (Å²) in [6.07, 6.45) is 8.97. The molecule has 0 spiro atoms. The van der Waals surface area contributed by atoms with Crippen molar-refractivity contribution >= 4 is 22.6 Å². The molecule has 27 heavy (non-hydrogen) atoms. The Morgan fingerprint density at radius 2 is 1.19 bits per heavy atom. The van der Waals surface area contributed by atoms with Crippen molar-refractivity contribution in [3.63, 3.8) is 0 Å². The van der Waals surface area contributed by atoms with Gasteiger partial charge in [0.2, 0.25) is 0 Å². The zero-order valence-corrected chi connectivity index (χ0v) is 18.8. The molecule has 0 aromatic heterocycles. The van der Waals surface area contributed by atoms with Crippen LogP contribution in [0.25, 0.3) is 0 Å². The highest BCUT2D eigenvalue weighted by Crippen LogP contribution is 2.60. The molecule has 0 saturated heterocycles. The van der Waals surface area contributed by atoms with E-state index in [2.05, 4.69) is 85.0 Å². The van der Waals surface area contributed by atoms with E-state index in [-0.39, 0.29) is 0 Å². The molecule has 1 atom stereocenters. The number of hydrogen-bond acceptors (Lipinski definition) is 0. The van der Waals surface area contributed by atoms with Crippen molar-refractivity contribution in [2.75, 3.05) is 0 Å². The summed E-state index contributed by atoms with van der Waals surface area (Å²) in [5.41, 5.74) is 5.10. The van der Waals surface area contributed by atoms with Crippen molar-refractivity contribution < 1.29 is 0 Å². The lowest BCUT2D eigenvalue weighted by Gasteiger charge is -2.57. The molecule has 4 bridgehead atoms. The zero-order valence-electron chi connectivity index (χ0n) is 16.6. The van der Waals surface area contributed by atoms with E-state index in [9.17, 15) is 0 Å². The van der Waals surface area contributed by atoms with Gasteiger partial charge >= 0.3 is 0 Å². The van der Waals surface area contributed by atoms with Crippen molar-refractivity contribution in [2.24, 2.45) is 23.7 Å². The molecule has 0 amide bonds. The Morgan fingerprint density at radius 1 is 0.741 bits per heavy atom. The van der Waals surface area contributed by atoms with Crippen LogP contribution in [0.3, 0.4) is 0 Å². The standard InChI is InChI=1S/C26H31I/c1-17(2)25(22-5-9-24(27)10-6-22)21-3-7-23(8-4-21)26-14-18-11-19(15-26)13-20(12-18)16-26/h3-10,17-20,25H,11-16H2,1-2H3. The Kier molecular flexibility index (Phi) is 4.65. The number of halogens is 1. The largest absolute Gasteiger partial charge is 0.0619 e. The molecule has 6 rings (SSSR count). The predicted molar refractivity (Wildman–Crippen MR) is 122 cm³/mol. The molecule has 142 valence electrons. The summed E-state index contributed by atoms with van der Waals surface area (Å²) in [5.74, 6) is 4.16. The first kappa shape index (κ1) is 18.2. The third-order valence-electron chi connectivity index (χ3n) is 7.82. The molecule has 2 aromatic rings. The lowest BCUT2D eigenvalue weighted by molar-refractivity contribution is -0.00519. The van der Waals surface area contributed by atoms with Gasteiger partial charge in [0.25, 0.3) is 0 Å². The average molecular weight is 470 g/mol. The van der Waals surface area contributed by atoms with Gasteiger partial charge in [0.05, 0.1) is 0 Å². The molecule has 0 heterocycles. The van der Waals surface area contributed by atoms with Crippen LogP contribution < -0.4 is 0 Å². The predicted octanol–water partition coefficient (Wildman–Crippen LogP) is 7.55. The van der Waals surface area contributed by atoms with Gasteiger partial charge in [-0.15, -0.1) is 0 Å². The molecule has 0 nitrogen and oxygen atoms in total. The Bertz CT molecular complexity index is 764. The first-order chi connectivity index (χ1) is 13.0. The smallest absolute Gasteiger partial charge is 0.0130 e. The summed E-state index contributed by atoms with van der Waals surface area (Å²) >= 11 is 2.40. The van der Waals surface area contributed by atoms with E-state index in [0.29, 0.717) is 17.3 Å². The molecule has 0 N–H and O–H groups in total. The molecule has 4 aliphatic rings. The van der Waals surface area contributed by atoms with Gasteiger partial charge < -0.3 is 0 Å². The highest BCUT2D eigenvalue weighted by molar-refractivity contribution is 14.1. The maximum absolute atomic E-state index is 2.50. The van der Waals surface area contributed by atoms with Crippen LogP contribution in [0, 0.1) is 27.2 Å². The fourth-order valence-corrected chi connectivity index (χ4v) is 7.50. The molecule has 2 aromatic carbocycles. The van der Waals surface area contributed by atoms with E-state index in [1.165, 1.54) is 53.2 Å². The van der Waals surface area contributed by atoms with Crippen LogP contribution in [0.1, 0.15) is 75.0 Å². The Balaban J connectivity index is 1.45. The summed E-state index contributed by atoms with van der Waals surface area (Å²) in [4.78, 5) is 0. The van der Waals surface area contributed by atoms with Gasteiger partial charge in [-0.2, -0.15) is 0 Å². The summed E-state index contributed by atoms with van der Waals surface area (Å²) in [5, 5.41) is 0. The van der Waals surface area contributed by atoms with Crippen LogP contribution >= 0.6 is 22.6 Å². The first-order valence-electron chi connectivity index (χ1n) is 10.9. The maximum Gasteiger partial charge on any atom is 0.0130 e. The van der Waals surface area contributed by atoms with Crippen LogP contribution in [0.4, 0.5) is 0 Å². The fourth-order valence-electron chi connectivity index (χ4n) is 7.14. The SMILES string of the molecule is CC(C)C(c1ccc(I)cc1)c1ccc(C23CC4CC(CC(C4)C2)C3)cc1. The Hall–Kier alpha value is -0.830. The molecule has 1 heteroatoms. The quantitative estimate of drug-likeness (QED) is 0.405. The van der Waals surface area contributed by atoms with Gasteiger partial charge in [-0.1, -0.05) is 50.2 Å². The Morgan fingerprint density at radius 3 is 1.63 bits per heavy atom. The second kappa shape index (κ2) is 6.90. The minimum Gasteiger partial charge on any atom is -0.0619 e. The van der Waals surface area contributed by atoms with Crippen molar-refractivity contribution in [3.05, 3.63) is 68.8 Å². The minimum atomic E-state index is 0.493. The van der Waals surface area contributed by atoms with E-state index < -0.39 is 0 Å². The summed E-state index contributed by atoms with van der Waals surface area (Å²) in [7, 11) is 0. The van der Waals surface area contributed by atoms with Crippen LogP contribution in [-0.2, 0) is 5.41 Å². The van der Waals surface area contributed by atoms with Gasteiger partial charge in [0.15, 0.2) is 0 Å². The van der Waals surface area contributed by atoms with E-state index in [1.54, 1.807) is 5.56 Å². The lowest BCUT2D eigenvalue weighted by Crippen LogP contribution is -2.48. The van der Waals surface area contributed by atoms with Crippen LogP contribution in [0.2, 0.25) is 0 Å². The van der Waals surface area contributed by atoms with E-state index in [4.69, 9.17) is 0 Å². The summed E-state index contributed by atoms with van der Waals surface area (Å²) in [6, 6.07) is 19.0. The summed E-state index contributed by atoms with van der Waals surface area (Å²) in [6.45, 7) is 4.71. The highest BCUT2D eigenvalue weighted by Gasteiger charge is 2.51. The van der Waals surface area contributed by atoms with Gasteiger partial charge in [0.1, 0.15) is 0 Å². The van der Waals surface area contributed by atoms with Crippen LogP contribution in [0.15, 0.2) is 48.5 Å². The second-order valence-electron chi connectivity index (χ2n) is 10.1. The lowest BCUT2D eigenvalue weighted by atomic mass is 9.48. The van der Waals surface area contributed by atoms with Crippen LogP contribution in [0.5, 0.6) is 0 Å². The maximum atomic E-state index is 2.50. The number of rotatable bonds is 4.